The first kappa shape index (κ1) is 11.5. The first-order valence-corrected chi connectivity index (χ1v) is 5.44. The molecule has 0 atom stereocenters. The summed E-state index contributed by atoms with van der Waals surface area (Å²) in [6.07, 6.45) is 3.13. The van der Waals surface area contributed by atoms with Crippen molar-refractivity contribution < 1.29 is 19.1 Å². The zero-order chi connectivity index (χ0) is 9.45. The monoisotopic (exact) mass is 193 g/mol. The third kappa shape index (κ3) is 9.53. The number of isocyanates is 1. The molecule has 0 fully saturated rings. The van der Waals surface area contributed by atoms with Gasteiger partial charge in [-0.1, -0.05) is 6.42 Å². The molecular weight excluding hydrogens is 181 g/mol. The average molecular weight is 193 g/mol. The van der Waals surface area contributed by atoms with Crippen molar-refractivity contribution in [2.24, 2.45) is 4.99 Å². The van der Waals surface area contributed by atoms with Gasteiger partial charge in [0, 0.05) is 6.16 Å². The fraction of sp³-hybridized carbons (Fsp3) is 0.833. The molecule has 0 aliphatic rings. The molecular formula is C6H12NO4P. The lowest BCUT2D eigenvalue weighted by molar-refractivity contribution is 0.371. The standard InChI is InChI=1S/C6H12NO4P/c8-6-7-4-2-1-3-5-12(9,10)11/h1-5H2,(H2,9,10,11). The molecule has 0 unspecified atom stereocenters. The Hall–Kier alpha value is -0.470. The number of unbranched alkanes of at least 4 members (excludes halogenated alkanes) is 2. The molecule has 0 amide bonds. The Morgan fingerprint density at radius 1 is 1.25 bits per heavy atom. The lowest BCUT2D eigenvalue weighted by atomic mass is 10.2. The topological polar surface area (TPSA) is 87.0 Å². The molecule has 0 rings (SSSR count). The molecule has 0 heterocycles. The van der Waals surface area contributed by atoms with Gasteiger partial charge < -0.3 is 9.79 Å². The van der Waals surface area contributed by atoms with Crippen molar-refractivity contribution in [2.75, 3.05) is 12.7 Å². The van der Waals surface area contributed by atoms with Crippen molar-refractivity contribution in [1.82, 2.24) is 0 Å². The highest BCUT2D eigenvalue weighted by atomic mass is 31.2. The molecule has 0 aliphatic carbocycles. The predicted molar refractivity (Wildman–Crippen MR) is 43.8 cm³/mol. The maximum Gasteiger partial charge on any atom is 0.325 e. The van der Waals surface area contributed by atoms with Crippen LogP contribution in [0.25, 0.3) is 0 Å². The van der Waals surface area contributed by atoms with Gasteiger partial charge in [0.15, 0.2) is 0 Å². The summed E-state index contributed by atoms with van der Waals surface area (Å²) in [5, 5.41) is 0. The van der Waals surface area contributed by atoms with Crippen molar-refractivity contribution in [3.05, 3.63) is 0 Å². The largest absolute Gasteiger partial charge is 0.325 e. The summed E-state index contributed by atoms with van der Waals surface area (Å²) in [4.78, 5) is 29.8. The molecule has 0 saturated carbocycles. The molecule has 12 heavy (non-hydrogen) atoms. The molecule has 0 aliphatic heterocycles. The van der Waals surface area contributed by atoms with Gasteiger partial charge in [-0.3, -0.25) is 4.57 Å². The lowest BCUT2D eigenvalue weighted by Gasteiger charge is -2.01. The molecule has 70 valence electrons. The van der Waals surface area contributed by atoms with Gasteiger partial charge in [0.2, 0.25) is 6.08 Å². The van der Waals surface area contributed by atoms with Crippen LogP contribution in [0.3, 0.4) is 0 Å². The third-order valence-corrected chi connectivity index (χ3v) is 2.18. The van der Waals surface area contributed by atoms with Crippen molar-refractivity contribution in [3.63, 3.8) is 0 Å². The van der Waals surface area contributed by atoms with Crippen molar-refractivity contribution in [2.45, 2.75) is 19.3 Å². The summed E-state index contributed by atoms with van der Waals surface area (Å²) in [6, 6.07) is 0. The fourth-order valence-electron chi connectivity index (χ4n) is 0.731. The normalized spacial score (nSPS) is 10.8. The maximum atomic E-state index is 10.3. The highest BCUT2D eigenvalue weighted by Gasteiger charge is 2.10. The number of carbonyl (C=O) groups excluding carboxylic acids is 1. The van der Waals surface area contributed by atoms with Gasteiger partial charge in [-0.2, -0.15) is 0 Å². The van der Waals surface area contributed by atoms with Crippen LogP contribution in [0, 0.1) is 0 Å². The first-order chi connectivity index (χ1) is 5.56. The molecule has 0 aromatic carbocycles. The molecule has 0 saturated heterocycles. The van der Waals surface area contributed by atoms with Crippen LogP contribution in [-0.4, -0.2) is 28.6 Å². The number of nitrogens with zero attached hydrogens (tertiary/aromatic N) is 1. The van der Waals surface area contributed by atoms with E-state index in [-0.39, 0.29) is 6.16 Å². The smallest absolute Gasteiger partial charge is 0.324 e. The molecule has 6 heteroatoms. The summed E-state index contributed by atoms with van der Waals surface area (Å²) in [5.74, 6) is 0. The van der Waals surface area contributed by atoms with E-state index in [0.717, 1.165) is 0 Å². The highest BCUT2D eigenvalue weighted by molar-refractivity contribution is 7.51. The molecule has 0 aromatic rings. The summed E-state index contributed by atoms with van der Waals surface area (Å²) >= 11 is 0. The second-order valence-corrected chi connectivity index (χ2v) is 4.20. The van der Waals surface area contributed by atoms with E-state index in [1.165, 1.54) is 6.08 Å². The van der Waals surface area contributed by atoms with Gasteiger partial charge in [-0.05, 0) is 12.8 Å². The van der Waals surface area contributed by atoms with E-state index in [0.29, 0.717) is 25.8 Å². The van der Waals surface area contributed by atoms with Crippen LogP contribution in [0.4, 0.5) is 0 Å². The summed E-state index contributed by atoms with van der Waals surface area (Å²) < 4.78 is 10.3. The Kier molecular flexibility index (Phi) is 5.85. The average Bonchev–Trinajstić information content (AvgIpc) is 1.94. The third-order valence-electron chi connectivity index (χ3n) is 1.28. The minimum atomic E-state index is -3.83. The van der Waals surface area contributed by atoms with E-state index in [2.05, 4.69) is 4.99 Å². The van der Waals surface area contributed by atoms with E-state index in [1.54, 1.807) is 0 Å². The number of hydrogen-bond acceptors (Lipinski definition) is 3. The molecule has 5 nitrogen and oxygen atoms in total. The number of rotatable bonds is 6. The van der Waals surface area contributed by atoms with Gasteiger partial charge in [-0.15, -0.1) is 0 Å². The molecule has 0 aromatic heterocycles. The zero-order valence-corrected chi connectivity index (χ0v) is 7.54. The van der Waals surface area contributed by atoms with E-state index >= 15 is 0 Å². The van der Waals surface area contributed by atoms with Crippen LogP contribution in [0.1, 0.15) is 19.3 Å². The molecule has 0 bridgehead atoms. The van der Waals surface area contributed by atoms with Crippen LogP contribution >= 0.6 is 7.60 Å². The minimum absolute atomic E-state index is 0.0855. The molecule has 0 radical (unpaired) electrons. The Morgan fingerprint density at radius 3 is 2.42 bits per heavy atom. The van der Waals surface area contributed by atoms with Crippen molar-refractivity contribution >= 4 is 13.7 Å². The Bertz CT molecular complexity index is 206. The van der Waals surface area contributed by atoms with E-state index in [4.69, 9.17) is 9.79 Å². The highest BCUT2D eigenvalue weighted by Crippen LogP contribution is 2.35. The van der Waals surface area contributed by atoms with E-state index in [1.807, 2.05) is 0 Å². The predicted octanol–water partition coefficient (Wildman–Crippen LogP) is 0.670. The summed E-state index contributed by atoms with van der Waals surface area (Å²) in [6.45, 7) is 0.394. The maximum absolute atomic E-state index is 10.3. The van der Waals surface area contributed by atoms with Crippen LogP contribution in [0.2, 0.25) is 0 Å². The van der Waals surface area contributed by atoms with Crippen molar-refractivity contribution in [1.29, 1.82) is 0 Å². The number of aliphatic imine (C=N–C) groups is 1. The second-order valence-electron chi connectivity index (χ2n) is 2.42. The fourth-order valence-corrected chi connectivity index (χ4v) is 1.37. The van der Waals surface area contributed by atoms with E-state index < -0.39 is 7.60 Å². The quantitative estimate of drug-likeness (QED) is 0.281. The van der Waals surface area contributed by atoms with Gasteiger partial charge in [0.1, 0.15) is 0 Å². The Balaban J connectivity index is 3.22. The van der Waals surface area contributed by atoms with Crippen LogP contribution < -0.4 is 0 Å². The Morgan fingerprint density at radius 2 is 1.92 bits per heavy atom. The van der Waals surface area contributed by atoms with Gasteiger partial charge in [0.05, 0.1) is 6.54 Å². The first-order valence-electron chi connectivity index (χ1n) is 3.64. The zero-order valence-electron chi connectivity index (χ0n) is 6.64. The second kappa shape index (κ2) is 6.09. The van der Waals surface area contributed by atoms with Gasteiger partial charge in [-0.25, -0.2) is 9.79 Å². The Labute approximate surface area is 70.7 Å². The number of hydrogen-bond donors (Lipinski definition) is 2. The van der Waals surface area contributed by atoms with Gasteiger partial charge in [0.25, 0.3) is 0 Å². The van der Waals surface area contributed by atoms with Crippen LogP contribution in [0.5, 0.6) is 0 Å². The molecule has 2 N–H and O–H groups in total. The molecule has 0 spiro atoms. The summed E-state index contributed by atoms with van der Waals surface area (Å²) in [5.41, 5.74) is 0. The van der Waals surface area contributed by atoms with Crippen molar-refractivity contribution in [3.8, 4) is 0 Å². The van der Waals surface area contributed by atoms with E-state index in [9.17, 15) is 9.36 Å². The SMILES string of the molecule is O=C=NCCCCCP(=O)(O)O. The van der Waals surface area contributed by atoms with Crippen LogP contribution in [-0.2, 0) is 9.36 Å². The van der Waals surface area contributed by atoms with Crippen LogP contribution in [0.15, 0.2) is 4.99 Å². The lowest BCUT2D eigenvalue weighted by Crippen LogP contribution is -1.89. The minimum Gasteiger partial charge on any atom is -0.324 e. The van der Waals surface area contributed by atoms with Gasteiger partial charge >= 0.3 is 7.60 Å². The summed E-state index contributed by atoms with van der Waals surface area (Å²) in [7, 11) is -3.83.